The maximum Gasteiger partial charge on any atom is 0.301 e. The Kier molecular flexibility index (Phi) is 5.02. The molecule has 1 aromatic rings. The lowest BCUT2D eigenvalue weighted by Gasteiger charge is -2.04. The summed E-state index contributed by atoms with van der Waals surface area (Å²) in [6.45, 7) is 4.22. The summed E-state index contributed by atoms with van der Waals surface area (Å²) in [5.74, 6) is 1.39. The van der Waals surface area contributed by atoms with E-state index < -0.39 is 4.92 Å². The molecule has 4 nitrogen and oxygen atoms in total. The molecule has 0 spiro atoms. The number of pyridine rings is 1. The van der Waals surface area contributed by atoms with Gasteiger partial charge in [0.05, 0.1) is 4.92 Å². The molecule has 0 N–H and O–H groups in total. The van der Waals surface area contributed by atoms with Crippen LogP contribution in [-0.4, -0.2) is 15.7 Å². The van der Waals surface area contributed by atoms with E-state index in [-0.39, 0.29) is 10.8 Å². The fourth-order valence-corrected chi connectivity index (χ4v) is 2.48. The van der Waals surface area contributed by atoms with Gasteiger partial charge in [0.2, 0.25) is 0 Å². The Balaban J connectivity index is 2.76. The van der Waals surface area contributed by atoms with Crippen molar-refractivity contribution in [3.05, 3.63) is 27.4 Å². The molecule has 0 unspecified atom stereocenters. The average Bonchev–Trinajstić information content (AvgIpc) is 2.16. The van der Waals surface area contributed by atoms with Gasteiger partial charge in [-0.3, -0.25) is 10.1 Å². The third-order valence-corrected chi connectivity index (χ3v) is 3.16. The van der Waals surface area contributed by atoms with Gasteiger partial charge >= 0.3 is 5.69 Å². The molecule has 0 bridgehead atoms. The van der Waals surface area contributed by atoms with E-state index in [1.807, 2.05) is 0 Å². The molecule has 0 atom stereocenters. The summed E-state index contributed by atoms with van der Waals surface area (Å²) in [4.78, 5) is 14.3. The summed E-state index contributed by atoms with van der Waals surface area (Å²) in [7, 11) is 0. The van der Waals surface area contributed by atoms with E-state index in [9.17, 15) is 10.1 Å². The van der Waals surface area contributed by atoms with Gasteiger partial charge in [0.15, 0.2) is 5.03 Å². The number of nitro groups is 1. The van der Waals surface area contributed by atoms with E-state index in [1.54, 1.807) is 0 Å². The minimum Gasteiger partial charge on any atom is -0.258 e. The van der Waals surface area contributed by atoms with Gasteiger partial charge in [0.1, 0.15) is 5.15 Å². The number of aromatic nitrogens is 1. The normalized spacial score (nSPS) is 10.8. The zero-order chi connectivity index (χ0) is 12.1. The van der Waals surface area contributed by atoms with Crippen LogP contribution in [-0.2, 0) is 0 Å². The molecule has 0 radical (unpaired) electrons. The van der Waals surface area contributed by atoms with E-state index in [1.165, 1.54) is 23.9 Å². The predicted octanol–water partition coefficient (Wildman–Crippen LogP) is 3.78. The summed E-state index contributed by atoms with van der Waals surface area (Å²) in [5.41, 5.74) is 0.0261. The SMILES string of the molecule is CC(C)CCSc1nc(Cl)ccc1[N+](=O)[O-]. The first kappa shape index (κ1) is 13.3. The van der Waals surface area contributed by atoms with Gasteiger partial charge in [0.25, 0.3) is 0 Å². The highest BCUT2D eigenvalue weighted by molar-refractivity contribution is 7.99. The molecule has 0 aliphatic heterocycles. The minimum absolute atomic E-state index is 0.0261. The van der Waals surface area contributed by atoms with Crippen molar-refractivity contribution in [3.63, 3.8) is 0 Å². The Morgan fingerprint density at radius 2 is 2.25 bits per heavy atom. The van der Waals surface area contributed by atoms with Crippen LogP contribution in [0.15, 0.2) is 17.2 Å². The first-order valence-corrected chi connectivity index (χ1v) is 6.30. The largest absolute Gasteiger partial charge is 0.301 e. The first-order valence-electron chi connectivity index (χ1n) is 4.94. The number of thioether (sulfide) groups is 1. The second-order valence-electron chi connectivity index (χ2n) is 3.75. The van der Waals surface area contributed by atoms with E-state index in [2.05, 4.69) is 18.8 Å². The quantitative estimate of drug-likeness (QED) is 0.350. The number of hydrogen-bond acceptors (Lipinski definition) is 4. The van der Waals surface area contributed by atoms with E-state index in [4.69, 9.17) is 11.6 Å². The monoisotopic (exact) mass is 260 g/mol. The number of halogens is 1. The molecule has 0 fully saturated rings. The molecule has 0 amide bonds. The maximum absolute atomic E-state index is 10.7. The molecule has 6 heteroatoms. The second kappa shape index (κ2) is 6.06. The van der Waals surface area contributed by atoms with E-state index >= 15 is 0 Å². The van der Waals surface area contributed by atoms with Crippen molar-refractivity contribution in [2.45, 2.75) is 25.3 Å². The van der Waals surface area contributed by atoms with Crippen LogP contribution in [0, 0.1) is 16.0 Å². The Morgan fingerprint density at radius 3 is 2.81 bits per heavy atom. The molecular weight excluding hydrogens is 248 g/mol. The summed E-state index contributed by atoms with van der Waals surface area (Å²) in [6, 6.07) is 2.83. The molecule has 1 heterocycles. The number of rotatable bonds is 5. The summed E-state index contributed by atoms with van der Waals surface area (Å²) < 4.78 is 0. The molecule has 0 saturated carbocycles. The molecule has 1 rings (SSSR count). The molecule has 1 aromatic heterocycles. The lowest BCUT2D eigenvalue weighted by atomic mass is 10.2. The molecule has 0 aliphatic carbocycles. The summed E-state index contributed by atoms with van der Waals surface area (Å²) >= 11 is 7.10. The third-order valence-electron chi connectivity index (χ3n) is 1.94. The van der Waals surface area contributed by atoms with Gasteiger partial charge in [-0.2, -0.15) is 0 Å². The average molecular weight is 261 g/mol. The van der Waals surface area contributed by atoms with Gasteiger partial charge in [-0.1, -0.05) is 37.2 Å². The maximum atomic E-state index is 10.7. The molecule has 16 heavy (non-hydrogen) atoms. The Labute approximate surface area is 104 Å². The van der Waals surface area contributed by atoms with Crippen molar-refractivity contribution in [3.8, 4) is 0 Å². The second-order valence-corrected chi connectivity index (χ2v) is 5.22. The third kappa shape index (κ3) is 3.98. The predicted molar refractivity (Wildman–Crippen MR) is 66.1 cm³/mol. The van der Waals surface area contributed by atoms with Crippen LogP contribution in [0.4, 0.5) is 5.69 Å². The van der Waals surface area contributed by atoms with E-state index in [0.717, 1.165) is 12.2 Å². The highest BCUT2D eigenvalue weighted by Crippen LogP contribution is 2.29. The van der Waals surface area contributed by atoms with Gasteiger partial charge in [-0.25, -0.2) is 4.98 Å². The zero-order valence-electron chi connectivity index (χ0n) is 9.14. The molecule has 0 aliphatic rings. The van der Waals surface area contributed by atoms with E-state index in [0.29, 0.717) is 10.9 Å². The van der Waals surface area contributed by atoms with Crippen LogP contribution in [0.2, 0.25) is 5.15 Å². The molecule has 88 valence electrons. The first-order chi connectivity index (χ1) is 7.50. The van der Waals surface area contributed by atoms with Crippen LogP contribution in [0.3, 0.4) is 0 Å². The smallest absolute Gasteiger partial charge is 0.258 e. The van der Waals surface area contributed by atoms with Gasteiger partial charge in [-0.15, -0.1) is 0 Å². The van der Waals surface area contributed by atoms with Crippen molar-refractivity contribution >= 4 is 29.1 Å². The lowest BCUT2D eigenvalue weighted by molar-refractivity contribution is -0.388. The molecule has 0 saturated heterocycles. The van der Waals surface area contributed by atoms with Gasteiger partial charge < -0.3 is 0 Å². The van der Waals surface area contributed by atoms with Crippen LogP contribution >= 0.6 is 23.4 Å². The molecule has 0 aromatic carbocycles. The van der Waals surface area contributed by atoms with Crippen molar-refractivity contribution in [2.24, 2.45) is 5.92 Å². The Morgan fingerprint density at radius 1 is 1.56 bits per heavy atom. The van der Waals surface area contributed by atoms with Crippen molar-refractivity contribution < 1.29 is 4.92 Å². The Bertz CT molecular complexity index is 385. The Hall–Kier alpha value is -0.810. The van der Waals surface area contributed by atoms with Crippen LogP contribution in [0.1, 0.15) is 20.3 Å². The zero-order valence-corrected chi connectivity index (χ0v) is 10.7. The highest BCUT2D eigenvalue weighted by atomic mass is 35.5. The minimum atomic E-state index is -0.430. The fraction of sp³-hybridized carbons (Fsp3) is 0.500. The van der Waals surface area contributed by atoms with Gasteiger partial charge in [0, 0.05) is 6.07 Å². The van der Waals surface area contributed by atoms with Crippen molar-refractivity contribution in [2.75, 3.05) is 5.75 Å². The van der Waals surface area contributed by atoms with Crippen molar-refractivity contribution in [1.29, 1.82) is 0 Å². The van der Waals surface area contributed by atoms with Gasteiger partial charge in [-0.05, 0) is 24.2 Å². The number of hydrogen-bond donors (Lipinski definition) is 0. The highest BCUT2D eigenvalue weighted by Gasteiger charge is 2.15. The fourth-order valence-electron chi connectivity index (χ4n) is 1.05. The standard InChI is InChI=1S/C10H13ClN2O2S/c1-7(2)5-6-16-10-8(13(14)15)3-4-9(11)12-10/h3-4,7H,5-6H2,1-2H3. The summed E-state index contributed by atoms with van der Waals surface area (Å²) in [5, 5.41) is 11.4. The number of nitrogens with zero attached hydrogens (tertiary/aromatic N) is 2. The van der Waals surface area contributed by atoms with Crippen LogP contribution in [0.25, 0.3) is 0 Å². The van der Waals surface area contributed by atoms with Crippen molar-refractivity contribution in [1.82, 2.24) is 4.98 Å². The van der Waals surface area contributed by atoms with Crippen LogP contribution in [0.5, 0.6) is 0 Å². The lowest BCUT2D eigenvalue weighted by Crippen LogP contribution is -1.96. The van der Waals surface area contributed by atoms with Crippen LogP contribution < -0.4 is 0 Å². The topological polar surface area (TPSA) is 56.0 Å². The summed E-state index contributed by atoms with van der Waals surface area (Å²) in [6.07, 6.45) is 0.996. The molecular formula is C10H13ClN2O2S.